The fourth-order valence-electron chi connectivity index (χ4n) is 3.78. The molecule has 2 saturated carbocycles. The Hall–Kier alpha value is -0.0400. The van der Waals surface area contributed by atoms with E-state index in [1.807, 2.05) is 0 Å². The zero-order valence-corrected chi connectivity index (χ0v) is 9.79. The zero-order chi connectivity index (χ0) is 10.3. The molecule has 0 aromatic heterocycles. The zero-order valence-electron chi connectivity index (χ0n) is 9.79. The predicted molar refractivity (Wildman–Crippen MR) is 59.0 cm³/mol. The molecule has 2 aliphatic carbocycles. The van der Waals surface area contributed by atoms with E-state index in [1.165, 1.54) is 25.7 Å². The Morgan fingerprint density at radius 1 is 1.29 bits per heavy atom. The molecule has 0 aromatic rings. The van der Waals surface area contributed by atoms with E-state index >= 15 is 0 Å². The Balaban J connectivity index is 2.11. The van der Waals surface area contributed by atoms with Crippen LogP contribution in [0, 0.1) is 29.1 Å². The highest BCUT2D eigenvalue weighted by Gasteiger charge is 2.58. The van der Waals surface area contributed by atoms with Crippen molar-refractivity contribution in [2.45, 2.75) is 46.5 Å². The quantitative estimate of drug-likeness (QED) is 0.719. The molecule has 2 fully saturated rings. The Morgan fingerprint density at radius 2 is 2.00 bits per heavy atom. The molecule has 1 heteroatoms. The van der Waals surface area contributed by atoms with Crippen LogP contribution in [0.3, 0.4) is 0 Å². The van der Waals surface area contributed by atoms with Gasteiger partial charge in [-0.1, -0.05) is 27.2 Å². The number of hydrogen-bond donors (Lipinski definition) is 1. The number of hydrogen-bond acceptors (Lipinski definition) is 1. The average Bonchev–Trinajstić information content (AvgIpc) is 2.92. The van der Waals surface area contributed by atoms with Crippen molar-refractivity contribution in [2.75, 3.05) is 6.61 Å². The third-order valence-electron chi connectivity index (χ3n) is 5.31. The molecule has 0 radical (unpaired) electrons. The van der Waals surface area contributed by atoms with Crippen molar-refractivity contribution in [3.63, 3.8) is 0 Å². The highest BCUT2D eigenvalue weighted by Crippen LogP contribution is 2.63. The highest BCUT2D eigenvalue weighted by atomic mass is 16.3. The lowest BCUT2D eigenvalue weighted by Gasteiger charge is -2.26. The minimum atomic E-state index is 0.359. The minimum Gasteiger partial charge on any atom is -0.396 e. The van der Waals surface area contributed by atoms with Crippen molar-refractivity contribution in [3.8, 4) is 0 Å². The van der Waals surface area contributed by atoms with Crippen molar-refractivity contribution in [2.24, 2.45) is 29.1 Å². The molecule has 0 bridgehead atoms. The van der Waals surface area contributed by atoms with E-state index in [1.54, 1.807) is 0 Å². The van der Waals surface area contributed by atoms with Gasteiger partial charge in [0.25, 0.3) is 0 Å². The summed E-state index contributed by atoms with van der Waals surface area (Å²) in [6.45, 7) is 7.58. The number of rotatable bonds is 2. The van der Waals surface area contributed by atoms with E-state index in [9.17, 15) is 5.11 Å². The molecule has 2 aliphatic rings. The first kappa shape index (κ1) is 10.5. The van der Waals surface area contributed by atoms with Gasteiger partial charge in [-0.15, -0.1) is 0 Å². The van der Waals surface area contributed by atoms with Crippen LogP contribution in [0.5, 0.6) is 0 Å². The van der Waals surface area contributed by atoms with Gasteiger partial charge in [0.2, 0.25) is 0 Å². The lowest BCUT2D eigenvalue weighted by atomic mass is 9.80. The largest absolute Gasteiger partial charge is 0.396 e. The van der Waals surface area contributed by atoms with Gasteiger partial charge in [-0.05, 0) is 48.3 Å². The van der Waals surface area contributed by atoms with Crippen molar-refractivity contribution in [1.82, 2.24) is 0 Å². The van der Waals surface area contributed by atoms with Gasteiger partial charge >= 0.3 is 0 Å². The number of aliphatic hydroxyl groups excluding tert-OH is 1. The van der Waals surface area contributed by atoms with E-state index in [4.69, 9.17) is 0 Å². The standard InChI is InChI=1S/C13H24O/c1-4-11-5-6-13(8-14)7-12(13)10(3)9(11)2/h9-12,14H,4-8H2,1-3H3. The van der Waals surface area contributed by atoms with E-state index in [0.717, 1.165) is 23.7 Å². The molecule has 0 amide bonds. The van der Waals surface area contributed by atoms with Crippen LogP contribution in [0.2, 0.25) is 0 Å². The van der Waals surface area contributed by atoms with Gasteiger partial charge in [-0.2, -0.15) is 0 Å². The average molecular weight is 196 g/mol. The van der Waals surface area contributed by atoms with E-state index < -0.39 is 0 Å². The van der Waals surface area contributed by atoms with Crippen LogP contribution in [-0.4, -0.2) is 11.7 Å². The summed E-state index contributed by atoms with van der Waals surface area (Å²) in [5, 5.41) is 9.48. The molecule has 0 aromatic carbocycles. The van der Waals surface area contributed by atoms with Gasteiger partial charge in [0, 0.05) is 6.61 Å². The topological polar surface area (TPSA) is 20.2 Å². The SMILES string of the molecule is CCC1CCC2(CO)CC2C(C)C1C. The van der Waals surface area contributed by atoms with Crippen LogP contribution in [0.15, 0.2) is 0 Å². The summed E-state index contributed by atoms with van der Waals surface area (Å²) in [4.78, 5) is 0. The summed E-state index contributed by atoms with van der Waals surface area (Å²) in [5.74, 6) is 3.43. The summed E-state index contributed by atoms with van der Waals surface area (Å²) < 4.78 is 0. The summed E-state index contributed by atoms with van der Waals surface area (Å²) in [6, 6.07) is 0. The molecule has 0 spiro atoms. The van der Waals surface area contributed by atoms with Crippen LogP contribution in [0.4, 0.5) is 0 Å². The normalized spacial score (nSPS) is 52.3. The van der Waals surface area contributed by atoms with Crippen LogP contribution >= 0.6 is 0 Å². The molecule has 2 rings (SSSR count). The summed E-state index contributed by atoms with van der Waals surface area (Å²) in [5.41, 5.74) is 0.359. The molecule has 5 unspecified atom stereocenters. The molecule has 1 nitrogen and oxygen atoms in total. The second kappa shape index (κ2) is 3.52. The number of fused-ring (bicyclic) bond motifs is 1. The molecule has 14 heavy (non-hydrogen) atoms. The Bertz CT molecular complexity index is 211. The van der Waals surface area contributed by atoms with E-state index in [0.29, 0.717) is 12.0 Å². The Kier molecular flexibility index (Phi) is 2.63. The Labute approximate surface area is 87.9 Å². The lowest BCUT2D eigenvalue weighted by molar-refractivity contribution is 0.181. The number of aliphatic hydroxyl groups is 1. The highest BCUT2D eigenvalue weighted by molar-refractivity contribution is 5.07. The van der Waals surface area contributed by atoms with Crippen molar-refractivity contribution < 1.29 is 5.11 Å². The third kappa shape index (κ3) is 1.41. The van der Waals surface area contributed by atoms with Crippen LogP contribution in [-0.2, 0) is 0 Å². The maximum absolute atomic E-state index is 9.48. The van der Waals surface area contributed by atoms with E-state index in [-0.39, 0.29) is 0 Å². The van der Waals surface area contributed by atoms with Crippen LogP contribution in [0.1, 0.15) is 46.5 Å². The Morgan fingerprint density at radius 3 is 2.57 bits per heavy atom. The van der Waals surface area contributed by atoms with E-state index in [2.05, 4.69) is 20.8 Å². The van der Waals surface area contributed by atoms with Gasteiger partial charge in [-0.3, -0.25) is 0 Å². The predicted octanol–water partition coefficient (Wildman–Crippen LogP) is 3.08. The van der Waals surface area contributed by atoms with Crippen molar-refractivity contribution in [1.29, 1.82) is 0 Å². The molecule has 0 aliphatic heterocycles. The molecule has 0 heterocycles. The van der Waals surface area contributed by atoms with Gasteiger partial charge in [0.1, 0.15) is 0 Å². The summed E-state index contributed by atoms with van der Waals surface area (Å²) in [7, 11) is 0. The molecular weight excluding hydrogens is 172 g/mol. The van der Waals surface area contributed by atoms with Gasteiger partial charge in [-0.25, -0.2) is 0 Å². The molecule has 82 valence electrons. The van der Waals surface area contributed by atoms with Crippen molar-refractivity contribution >= 4 is 0 Å². The summed E-state index contributed by atoms with van der Waals surface area (Å²) >= 11 is 0. The second-order valence-electron chi connectivity index (χ2n) is 5.76. The fraction of sp³-hybridized carbons (Fsp3) is 1.00. The first-order valence-electron chi connectivity index (χ1n) is 6.25. The summed E-state index contributed by atoms with van der Waals surface area (Å²) in [6.07, 6.45) is 5.24. The maximum Gasteiger partial charge on any atom is 0.0490 e. The lowest BCUT2D eigenvalue weighted by Crippen LogP contribution is -2.18. The van der Waals surface area contributed by atoms with Gasteiger partial charge in [0.05, 0.1) is 0 Å². The van der Waals surface area contributed by atoms with Crippen molar-refractivity contribution in [3.05, 3.63) is 0 Å². The first-order chi connectivity index (χ1) is 6.64. The minimum absolute atomic E-state index is 0.359. The fourth-order valence-corrected chi connectivity index (χ4v) is 3.78. The molecule has 0 saturated heterocycles. The van der Waals surface area contributed by atoms with Crippen LogP contribution < -0.4 is 0 Å². The monoisotopic (exact) mass is 196 g/mol. The van der Waals surface area contributed by atoms with Gasteiger partial charge < -0.3 is 5.11 Å². The molecule has 5 atom stereocenters. The smallest absolute Gasteiger partial charge is 0.0490 e. The van der Waals surface area contributed by atoms with Gasteiger partial charge in [0.15, 0.2) is 0 Å². The first-order valence-corrected chi connectivity index (χ1v) is 6.25. The van der Waals surface area contributed by atoms with Crippen LogP contribution in [0.25, 0.3) is 0 Å². The molecule has 1 N–H and O–H groups in total. The maximum atomic E-state index is 9.48. The third-order valence-corrected chi connectivity index (χ3v) is 5.31. The molecular formula is C13H24O. The second-order valence-corrected chi connectivity index (χ2v) is 5.76.